The van der Waals surface area contributed by atoms with Crippen LogP contribution in [0.5, 0.6) is 0 Å². The normalized spacial score (nSPS) is 12.0. The van der Waals surface area contributed by atoms with Crippen LogP contribution in [0.3, 0.4) is 0 Å². The first-order valence-electron chi connectivity index (χ1n) is 9.51. The molecular weight excluding hydrogens is 348 g/mol. The average Bonchev–Trinajstić information content (AvgIpc) is 2.98. The van der Waals surface area contributed by atoms with Crippen LogP contribution in [-0.2, 0) is 0 Å². The number of carbonyl (C=O) groups excluding carboxylic acids is 2. The highest BCUT2D eigenvalue weighted by Crippen LogP contribution is 2.28. The molecule has 1 aromatic heterocycles. The van der Waals surface area contributed by atoms with Crippen molar-refractivity contribution in [1.82, 2.24) is 10.3 Å². The molecule has 1 unspecified atom stereocenters. The molecule has 1 atom stereocenters. The smallest absolute Gasteiger partial charge is 0.268 e. The van der Waals surface area contributed by atoms with E-state index in [1.165, 1.54) is 6.92 Å². The molecule has 0 fully saturated rings. The highest BCUT2D eigenvalue weighted by molar-refractivity contribution is 6.02. The second-order valence-electron chi connectivity index (χ2n) is 7.24. The standard InChI is InChI=1S/C24H26N2O2/c1-15-21(18(4)27)16(2)25-23(15)24(28)26-17(3)22(19-11-7-5-8-12-19)20-13-9-6-10-14-20/h5-14,17,22,25H,1-4H3,(H,26,28). The number of aromatic nitrogens is 1. The lowest BCUT2D eigenvalue weighted by Crippen LogP contribution is -2.38. The summed E-state index contributed by atoms with van der Waals surface area (Å²) in [6.45, 7) is 7.17. The number of hydrogen-bond donors (Lipinski definition) is 2. The van der Waals surface area contributed by atoms with Crippen LogP contribution in [0.2, 0.25) is 0 Å². The largest absolute Gasteiger partial charge is 0.354 e. The van der Waals surface area contributed by atoms with Gasteiger partial charge in [-0.05, 0) is 44.4 Å². The molecule has 0 saturated carbocycles. The number of rotatable bonds is 6. The summed E-state index contributed by atoms with van der Waals surface area (Å²) in [5, 5.41) is 3.13. The molecule has 0 aliphatic heterocycles. The number of aryl methyl sites for hydroxylation is 1. The quantitative estimate of drug-likeness (QED) is 0.610. The Hall–Kier alpha value is -3.14. The zero-order valence-corrected chi connectivity index (χ0v) is 16.7. The van der Waals surface area contributed by atoms with Gasteiger partial charge in [0.2, 0.25) is 0 Å². The molecule has 0 radical (unpaired) electrons. The van der Waals surface area contributed by atoms with E-state index >= 15 is 0 Å². The summed E-state index contributed by atoms with van der Waals surface area (Å²) in [5.41, 5.74) is 4.77. The predicted molar refractivity (Wildman–Crippen MR) is 112 cm³/mol. The van der Waals surface area contributed by atoms with Crippen molar-refractivity contribution in [1.29, 1.82) is 0 Å². The molecule has 3 rings (SSSR count). The summed E-state index contributed by atoms with van der Waals surface area (Å²) in [6.07, 6.45) is 0. The van der Waals surface area contributed by atoms with Gasteiger partial charge in [-0.2, -0.15) is 0 Å². The number of H-pyrrole nitrogens is 1. The number of benzene rings is 2. The summed E-state index contributed by atoms with van der Waals surface area (Å²) in [5.74, 6) is -0.211. The van der Waals surface area contributed by atoms with Gasteiger partial charge in [0.15, 0.2) is 5.78 Å². The first kappa shape index (κ1) is 19.6. The minimum Gasteiger partial charge on any atom is -0.354 e. The van der Waals surface area contributed by atoms with E-state index < -0.39 is 0 Å². The molecule has 0 spiro atoms. The maximum atomic E-state index is 13.0. The molecule has 1 amide bonds. The van der Waals surface area contributed by atoms with Gasteiger partial charge in [0.25, 0.3) is 5.91 Å². The van der Waals surface area contributed by atoms with Crippen LogP contribution in [0.15, 0.2) is 60.7 Å². The number of Topliss-reactive ketones (excluding diaryl/α,β-unsaturated/α-hetero) is 1. The Morgan fingerprint density at radius 1 is 0.893 bits per heavy atom. The van der Waals surface area contributed by atoms with Crippen LogP contribution in [0.4, 0.5) is 0 Å². The van der Waals surface area contributed by atoms with Crippen LogP contribution >= 0.6 is 0 Å². The van der Waals surface area contributed by atoms with Crippen LogP contribution in [0.1, 0.15) is 63.0 Å². The maximum absolute atomic E-state index is 13.0. The van der Waals surface area contributed by atoms with Gasteiger partial charge < -0.3 is 10.3 Å². The molecular formula is C24H26N2O2. The molecule has 1 heterocycles. The summed E-state index contributed by atoms with van der Waals surface area (Å²) in [4.78, 5) is 27.9. The van der Waals surface area contributed by atoms with Gasteiger partial charge in [0, 0.05) is 23.2 Å². The van der Waals surface area contributed by atoms with Crippen molar-refractivity contribution in [2.45, 2.75) is 39.7 Å². The first-order valence-corrected chi connectivity index (χ1v) is 9.51. The third kappa shape index (κ3) is 3.91. The van der Waals surface area contributed by atoms with Crippen molar-refractivity contribution in [3.63, 3.8) is 0 Å². The Kier molecular flexibility index (Phi) is 5.78. The molecule has 0 aliphatic carbocycles. The van der Waals surface area contributed by atoms with E-state index in [1.807, 2.05) is 57.2 Å². The minimum absolute atomic E-state index is 0.0231. The molecule has 4 nitrogen and oxygen atoms in total. The molecule has 28 heavy (non-hydrogen) atoms. The van der Waals surface area contributed by atoms with E-state index in [-0.39, 0.29) is 23.7 Å². The number of amides is 1. The Morgan fingerprint density at radius 3 is 1.82 bits per heavy atom. The van der Waals surface area contributed by atoms with Crippen LogP contribution in [0, 0.1) is 13.8 Å². The Labute approximate surface area is 166 Å². The Bertz CT molecular complexity index is 935. The van der Waals surface area contributed by atoms with Crippen molar-refractivity contribution in [3.8, 4) is 0 Å². The Morgan fingerprint density at radius 2 is 1.39 bits per heavy atom. The van der Waals surface area contributed by atoms with E-state index in [2.05, 4.69) is 34.6 Å². The summed E-state index contributed by atoms with van der Waals surface area (Å²) >= 11 is 0. The fourth-order valence-corrected chi connectivity index (χ4v) is 3.96. The third-order valence-corrected chi connectivity index (χ3v) is 5.19. The van der Waals surface area contributed by atoms with E-state index in [0.717, 1.165) is 16.8 Å². The molecule has 0 aliphatic rings. The van der Waals surface area contributed by atoms with Gasteiger partial charge in [-0.25, -0.2) is 0 Å². The lowest BCUT2D eigenvalue weighted by molar-refractivity contribution is 0.0931. The number of hydrogen-bond acceptors (Lipinski definition) is 2. The number of aromatic amines is 1. The predicted octanol–water partition coefficient (Wildman–Crippen LogP) is 4.78. The lowest BCUT2D eigenvalue weighted by atomic mass is 9.85. The molecule has 3 aromatic rings. The summed E-state index contributed by atoms with van der Waals surface area (Å²) < 4.78 is 0. The van der Waals surface area contributed by atoms with Gasteiger partial charge in [0.1, 0.15) is 5.69 Å². The van der Waals surface area contributed by atoms with Gasteiger partial charge in [0.05, 0.1) is 0 Å². The topological polar surface area (TPSA) is 62.0 Å². The van der Waals surface area contributed by atoms with Crippen molar-refractivity contribution in [3.05, 3.63) is 94.3 Å². The van der Waals surface area contributed by atoms with E-state index in [4.69, 9.17) is 0 Å². The fraction of sp³-hybridized carbons (Fsp3) is 0.250. The van der Waals surface area contributed by atoms with Crippen molar-refractivity contribution >= 4 is 11.7 Å². The zero-order chi connectivity index (χ0) is 20.3. The SMILES string of the molecule is CC(=O)c1c(C)[nH]c(C(=O)NC(C)C(c2ccccc2)c2ccccc2)c1C. The van der Waals surface area contributed by atoms with Crippen LogP contribution in [-0.4, -0.2) is 22.7 Å². The fourth-order valence-electron chi connectivity index (χ4n) is 3.96. The first-order chi connectivity index (χ1) is 13.4. The van der Waals surface area contributed by atoms with E-state index in [1.54, 1.807) is 0 Å². The van der Waals surface area contributed by atoms with Crippen molar-refractivity contribution < 1.29 is 9.59 Å². The molecule has 2 aromatic carbocycles. The van der Waals surface area contributed by atoms with Crippen molar-refractivity contribution in [2.24, 2.45) is 0 Å². The van der Waals surface area contributed by atoms with E-state index in [0.29, 0.717) is 16.8 Å². The number of ketones is 1. The van der Waals surface area contributed by atoms with Gasteiger partial charge in [-0.15, -0.1) is 0 Å². The highest BCUT2D eigenvalue weighted by Gasteiger charge is 2.26. The summed E-state index contributed by atoms with van der Waals surface area (Å²) in [7, 11) is 0. The average molecular weight is 374 g/mol. The molecule has 2 N–H and O–H groups in total. The monoisotopic (exact) mass is 374 g/mol. The lowest BCUT2D eigenvalue weighted by Gasteiger charge is -2.26. The van der Waals surface area contributed by atoms with Gasteiger partial charge in [-0.1, -0.05) is 60.7 Å². The molecule has 0 bridgehead atoms. The Balaban J connectivity index is 1.91. The second-order valence-corrected chi connectivity index (χ2v) is 7.24. The van der Waals surface area contributed by atoms with Crippen molar-refractivity contribution in [2.75, 3.05) is 0 Å². The highest BCUT2D eigenvalue weighted by atomic mass is 16.2. The van der Waals surface area contributed by atoms with Gasteiger partial charge in [-0.3, -0.25) is 9.59 Å². The maximum Gasteiger partial charge on any atom is 0.268 e. The zero-order valence-electron chi connectivity index (χ0n) is 16.7. The minimum atomic E-state index is -0.197. The molecule has 4 heteroatoms. The van der Waals surface area contributed by atoms with Crippen LogP contribution < -0.4 is 5.32 Å². The molecule has 144 valence electrons. The third-order valence-electron chi connectivity index (χ3n) is 5.19. The van der Waals surface area contributed by atoms with E-state index in [9.17, 15) is 9.59 Å². The van der Waals surface area contributed by atoms with Crippen LogP contribution in [0.25, 0.3) is 0 Å². The number of nitrogens with one attached hydrogen (secondary N) is 2. The second kappa shape index (κ2) is 8.26. The molecule has 0 saturated heterocycles. The van der Waals surface area contributed by atoms with Gasteiger partial charge >= 0.3 is 0 Å². The summed E-state index contributed by atoms with van der Waals surface area (Å²) in [6, 6.07) is 20.2. The number of carbonyl (C=O) groups is 2.